The molecule has 0 bridgehead atoms. The van der Waals surface area contributed by atoms with Crippen molar-refractivity contribution in [2.24, 2.45) is 4.99 Å². The van der Waals surface area contributed by atoms with Gasteiger partial charge < -0.3 is 14.2 Å². The maximum atomic E-state index is 14.1. The van der Waals surface area contributed by atoms with E-state index < -0.39 is 12.0 Å². The molecule has 0 saturated heterocycles. The number of fused-ring (bicyclic) bond motifs is 1. The van der Waals surface area contributed by atoms with Gasteiger partial charge in [0.15, 0.2) is 11.4 Å². The van der Waals surface area contributed by atoms with Crippen LogP contribution in [0.5, 0.6) is 11.5 Å². The second-order valence-corrected chi connectivity index (χ2v) is 9.93. The highest BCUT2D eigenvalue weighted by molar-refractivity contribution is 7.07. The van der Waals surface area contributed by atoms with Crippen LogP contribution < -0.4 is 24.4 Å². The second-order valence-electron chi connectivity index (χ2n) is 8.92. The van der Waals surface area contributed by atoms with Crippen LogP contribution in [0.15, 0.2) is 94.2 Å². The van der Waals surface area contributed by atoms with Crippen LogP contribution in [0.3, 0.4) is 0 Å². The maximum absolute atomic E-state index is 14.1. The van der Waals surface area contributed by atoms with Crippen LogP contribution in [0, 0.1) is 11.3 Å². The molecule has 206 valence electrons. The van der Waals surface area contributed by atoms with E-state index in [0.717, 1.165) is 5.56 Å². The van der Waals surface area contributed by atoms with Gasteiger partial charge in [0.05, 0.1) is 35.1 Å². The van der Waals surface area contributed by atoms with Gasteiger partial charge in [-0.05, 0) is 43.7 Å². The Morgan fingerprint density at radius 1 is 1.00 bits per heavy atom. The minimum atomic E-state index is -0.789. The zero-order valence-corrected chi connectivity index (χ0v) is 23.4. The van der Waals surface area contributed by atoms with Gasteiger partial charge in [-0.2, -0.15) is 5.26 Å². The van der Waals surface area contributed by atoms with Crippen LogP contribution in [-0.4, -0.2) is 30.4 Å². The Balaban J connectivity index is 1.78. The number of esters is 1. The number of carbonyl (C=O) groups excluding carboxylic acids is 1. The second kappa shape index (κ2) is 12.5. The van der Waals surface area contributed by atoms with Crippen molar-refractivity contribution in [2.75, 3.05) is 19.8 Å². The van der Waals surface area contributed by atoms with E-state index in [9.17, 15) is 9.59 Å². The van der Waals surface area contributed by atoms with Gasteiger partial charge in [-0.3, -0.25) is 9.36 Å². The third-order valence-corrected chi connectivity index (χ3v) is 7.36. The quantitative estimate of drug-likeness (QED) is 0.282. The van der Waals surface area contributed by atoms with E-state index >= 15 is 0 Å². The number of hydrogen-bond acceptors (Lipinski definition) is 8. The van der Waals surface area contributed by atoms with E-state index in [-0.39, 0.29) is 24.3 Å². The monoisotopic (exact) mass is 565 g/mol. The summed E-state index contributed by atoms with van der Waals surface area (Å²) in [5, 5.41) is 8.97. The van der Waals surface area contributed by atoms with Crippen LogP contribution in [0.25, 0.3) is 11.8 Å². The Morgan fingerprint density at radius 3 is 2.44 bits per heavy atom. The van der Waals surface area contributed by atoms with Gasteiger partial charge in [-0.25, -0.2) is 9.79 Å². The number of benzene rings is 3. The van der Waals surface area contributed by atoms with Crippen LogP contribution in [0.2, 0.25) is 0 Å². The van der Waals surface area contributed by atoms with Gasteiger partial charge in [-0.15, -0.1) is 0 Å². The normalized spacial score (nSPS) is 14.6. The molecule has 1 atom stereocenters. The van der Waals surface area contributed by atoms with E-state index in [2.05, 4.69) is 0 Å². The minimum Gasteiger partial charge on any atom is -0.494 e. The van der Waals surface area contributed by atoms with E-state index in [1.165, 1.54) is 11.3 Å². The first-order valence-corrected chi connectivity index (χ1v) is 14.0. The van der Waals surface area contributed by atoms with Crippen molar-refractivity contribution >= 4 is 29.1 Å². The molecule has 0 N–H and O–H groups in total. The maximum Gasteiger partial charge on any atom is 0.338 e. The Kier molecular flexibility index (Phi) is 8.42. The summed E-state index contributed by atoms with van der Waals surface area (Å²) in [6.45, 7) is 4.22. The molecule has 9 heteroatoms. The van der Waals surface area contributed by atoms with Crippen LogP contribution >= 0.6 is 11.3 Å². The van der Waals surface area contributed by atoms with E-state index in [4.69, 9.17) is 24.5 Å². The molecular formula is C32H27N3O5S. The molecule has 3 aromatic carbocycles. The van der Waals surface area contributed by atoms with Crippen LogP contribution in [0.4, 0.5) is 0 Å². The van der Waals surface area contributed by atoms with Gasteiger partial charge in [0, 0.05) is 11.1 Å². The number of nitrogens with zero attached hydrogens (tertiary/aromatic N) is 3. The van der Waals surface area contributed by atoms with Gasteiger partial charge in [0.2, 0.25) is 0 Å². The number of rotatable bonds is 9. The molecule has 0 radical (unpaired) electrons. The van der Waals surface area contributed by atoms with Crippen molar-refractivity contribution in [1.82, 2.24) is 4.57 Å². The number of thiazole rings is 1. The first-order chi connectivity index (χ1) is 20.0. The summed E-state index contributed by atoms with van der Waals surface area (Å²) in [7, 11) is 0. The standard InChI is InChI=1S/C32H27N3O5S/c1-3-38-24-16-14-22(15-17-24)29-27(31(37)39-4-2)28(21-10-6-5-7-11-21)34-32-35(29)30(36)26(41-32)20-23-12-8-9-13-25(23)40-19-18-33/h5-17,20,29H,3-4,19H2,1-2H3/b26-20-/t29-/m0/s1. The highest BCUT2D eigenvalue weighted by Gasteiger charge is 2.35. The van der Waals surface area contributed by atoms with E-state index in [0.29, 0.717) is 44.3 Å². The summed E-state index contributed by atoms with van der Waals surface area (Å²) < 4.78 is 18.7. The molecule has 0 amide bonds. The lowest BCUT2D eigenvalue weighted by Crippen LogP contribution is -2.40. The van der Waals surface area contributed by atoms with E-state index in [1.54, 1.807) is 29.7 Å². The van der Waals surface area contributed by atoms with Crippen molar-refractivity contribution in [1.29, 1.82) is 5.26 Å². The molecule has 0 aliphatic carbocycles. The summed E-state index contributed by atoms with van der Waals surface area (Å²) in [6, 6.07) is 25.1. The predicted octanol–water partition coefficient (Wildman–Crippen LogP) is 4.24. The number of ether oxygens (including phenoxy) is 3. The predicted molar refractivity (Wildman–Crippen MR) is 156 cm³/mol. The fourth-order valence-corrected chi connectivity index (χ4v) is 5.64. The zero-order chi connectivity index (χ0) is 28.8. The molecule has 0 spiro atoms. The van der Waals surface area contributed by atoms with E-state index in [1.807, 2.05) is 79.7 Å². The van der Waals surface area contributed by atoms with Gasteiger partial charge in [0.1, 0.15) is 17.6 Å². The molecule has 1 aromatic heterocycles. The highest BCUT2D eigenvalue weighted by atomic mass is 32.1. The Bertz CT molecular complexity index is 1820. The molecule has 0 fully saturated rings. The number of hydrogen-bond donors (Lipinski definition) is 0. The Labute approximate surface area is 240 Å². The van der Waals surface area contributed by atoms with Crippen LogP contribution in [0.1, 0.15) is 36.6 Å². The summed E-state index contributed by atoms with van der Waals surface area (Å²) >= 11 is 1.22. The average molecular weight is 566 g/mol. The fraction of sp³-hybridized carbons (Fsp3) is 0.188. The SMILES string of the molecule is CCOC(=O)C1=C(c2ccccc2)N=c2s/c(=C\c3ccccc3OCC#N)c(=O)n2[C@H]1c1ccc(OCC)cc1. The van der Waals surface area contributed by atoms with Crippen LogP contribution in [-0.2, 0) is 9.53 Å². The topological polar surface area (TPSA) is 103 Å². The largest absolute Gasteiger partial charge is 0.494 e. The molecule has 41 heavy (non-hydrogen) atoms. The molecule has 5 rings (SSSR count). The van der Waals surface area contributed by atoms with Gasteiger partial charge in [0.25, 0.3) is 5.56 Å². The zero-order valence-electron chi connectivity index (χ0n) is 22.6. The first-order valence-electron chi connectivity index (χ1n) is 13.2. The molecule has 2 heterocycles. The molecule has 8 nitrogen and oxygen atoms in total. The van der Waals surface area contributed by atoms with Crippen molar-refractivity contribution in [3.05, 3.63) is 121 Å². The van der Waals surface area contributed by atoms with Crippen molar-refractivity contribution < 1.29 is 19.0 Å². The number of para-hydroxylation sites is 1. The molecular weight excluding hydrogens is 538 g/mol. The highest BCUT2D eigenvalue weighted by Crippen LogP contribution is 2.35. The fourth-order valence-electron chi connectivity index (χ4n) is 4.65. The number of carbonyl (C=O) groups is 1. The number of aromatic nitrogens is 1. The Hall–Kier alpha value is -4.94. The smallest absolute Gasteiger partial charge is 0.338 e. The summed E-state index contributed by atoms with van der Waals surface area (Å²) in [4.78, 5) is 32.9. The third-order valence-electron chi connectivity index (χ3n) is 6.38. The lowest BCUT2D eigenvalue weighted by molar-refractivity contribution is -0.138. The van der Waals surface area contributed by atoms with Crippen molar-refractivity contribution in [3.8, 4) is 17.6 Å². The summed E-state index contributed by atoms with van der Waals surface area (Å²) in [5.74, 6) is 0.626. The molecule has 1 aliphatic rings. The van der Waals surface area contributed by atoms with Crippen molar-refractivity contribution in [3.63, 3.8) is 0 Å². The summed E-state index contributed by atoms with van der Waals surface area (Å²) in [6.07, 6.45) is 1.72. The third kappa shape index (κ3) is 5.69. The first kappa shape index (κ1) is 27.6. The molecule has 0 unspecified atom stereocenters. The Morgan fingerprint density at radius 2 is 1.73 bits per heavy atom. The number of nitriles is 1. The lowest BCUT2D eigenvalue weighted by Gasteiger charge is -2.26. The van der Waals surface area contributed by atoms with Crippen molar-refractivity contribution in [2.45, 2.75) is 19.9 Å². The summed E-state index contributed by atoms with van der Waals surface area (Å²) in [5.41, 5.74) is 2.52. The molecule has 0 saturated carbocycles. The lowest BCUT2D eigenvalue weighted by atomic mass is 9.93. The van der Waals surface area contributed by atoms with Gasteiger partial charge in [-0.1, -0.05) is 72.0 Å². The van der Waals surface area contributed by atoms with Gasteiger partial charge >= 0.3 is 5.97 Å². The minimum absolute atomic E-state index is 0.118. The average Bonchev–Trinajstić information content (AvgIpc) is 3.31. The molecule has 1 aliphatic heterocycles. The molecule has 4 aromatic rings.